The number of halogens is 3. The minimum Gasteiger partial charge on any atom is -0.370 e. The largest absolute Gasteiger partial charge is 0.416 e. The summed E-state index contributed by atoms with van der Waals surface area (Å²) in [6.07, 6.45) is -3.54. The van der Waals surface area contributed by atoms with Crippen LogP contribution in [-0.2, 0) is 6.18 Å². The van der Waals surface area contributed by atoms with Crippen LogP contribution in [0, 0.1) is 0 Å². The van der Waals surface area contributed by atoms with E-state index >= 15 is 0 Å². The van der Waals surface area contributed by atoms with Crippen molar-refractivity contribution in [2.75, 3.05) is 17.2 Å². The van der Waals surface area contributed by atoms with E-state index < -0.39 is 11.7 Å². The zero-order valence-electron chi connectivity index (χ0n) is 10.7. The first-order chi connectivity index (χ1) is 8.32. The molecule has 0 saturated carbocycles. The molecule has 1 heterocycles. The van der Waals surface area contributed by atoms with Crippen molar-refractivity contribution >= 4 is 11.6 Å². The third-order valence-electron chi connectivity index (χ3n) is 2.15. The number of nitrogens with one attached hydrogen (secondary N) is 2. The predicted octanol–water partition coefficient (Wildman–Crippen LogP) is 3.74. The van der Waals surface area contributed by atoms with Gasteiger partial charge >= 0.3 is 6.18 Å². The summed E-state index contributed by atoms with van der Waals surface area (Å²) in [6, 6.07) is 2.08. The maximum Gasteiger partial charge on any atom is 0.416 e. The predicted molar refractivity (Wildman–Crippen MR) is 66.8 cm³/mol. The summed E-state index contributed by atoms with van der Waals surface area (Å²) in [5.41, 5.74) is -0.695. The molecule has 0 amide bonds. The number of aromatic nitrogens is 1. The van der Waals surface area contributed by atoms with Crippen LogP contribution in [0.2, 0.25) is 0 Å². The van der Waals surface area contributed by atoms with E-state index in [0.717, 1.165) is 18.6 Å². The van der Waals surface area contributed by atoms with E-state index in [1.807, 2.05) is 20.8 Å². The summed E-state index contributed by atoms with van der Waals surface area (Å²) in [6.45, 7) is 6.23. The topological polar surface area (TPSA) is 37.0 Å². The van der Waals surface area contributed by atoms with Crippen LogP contribution in [0.25, 0.3) is 0 Å². The molecule has 18 heavy (non-hydrogen) atoms. The number of alkyl halides is 3. The van der Waals surface area contributed by atoms with Crippen molar-refractivity contribution in [3.63, 3.8) is 0 Å². The normalized spacial score (nSPS) is 11.7. The van der Waals surface area contributed by atoms with Gasteiger partial charge in [0.05, 0.1) is 5.56 Å². The molecule has 1 rings (SSSR count). The number of hydrogen-bond donors (Lipinski definition) is 2. The monoisotopic (exact) mass is 261 g/mol. The van der Waals surface area contributed by atoms with Gasteiger partial charge in [0.25, 0.3) is 0 Å². The third kappa shape index (κ3) is 4.43. The molecule has 0 saturated heterocycles. The van der Waals surface area contributed by atoms with Gasteiger partial charge in [-0.25, -0.2) is 4.98 Å². The van der Waals surface area contributed by atoms with E-state index in [1.165, 1.54) is 0 Å². The molecule has 102 valence electrons. The molecule has 1 aromatic rings. The second kappa shape index (κ2) is 5.93. The molecular weight excluding hydrogens is 243 g/mol. The van der Waals surface area contributed by atoms with Crippen molar-refractivity contribution in [2.24, 2.45) is 0 Å². The lowest BCUT2D eigenvalue weighted by Crippen LogP contribution is -2.15. The second-order valence-electron chi connectivity index (χ2n) is 4.35. The van der Waals surface area contributed by atoms with Crippen molar-refractivity contribution in [1.29, 1.82) is 0 Å². The van der Waals surface area contributed by atoms with Gasteiger partial charge in [0, 0.05) is 12.6 Å². The van der Waals surface area contributed by atoms with Crippen LogP contribution in [0.5, 0.6) is 0 Å². The van der Waals surface area contributed by atoms with Crippen LogP contribution in [0.4, 0.5) is 24.8 Å². The van der Waals surface area contributed by atoms with Gasteiger partial charge in [0.15, 0.2) is 0 Å². The van der Waals surface area contributed by atoms with Gasteiger partial charge < -0.3 is 10.6 Å². The standard InChI is InChI=1S/C12H18F3N3/c1-4-5-16-10-6-9(12(13,14)15)7-11(18-10)17-8(2)3/h6-8H,4-5H2,1-3H3,(H2,16,17,18). The Labute approximate surface area is 105 Å². The van der Waals surface area contributed by atoms with Gasteiger partial charge in [-0.1, -0.05) is 6.92 Å². The van der Waals surface area contributed by atoms with E-state index in [9.17, 15) is 13.2 Å². The Morgan fingerprint density at radius 2 is 1.83 bits per heavy atom. The highest BCUT2D eigenvalue weighted by molar-refractivity contribution is 5.50. The fourth-order valence-electron chi connectivity index (χ4n) is 1.41. The quantitative estimate of drug-likeness (QED) is 0.847. The SMILES string of the molecule is CCCNc1cc(C(F)(F)F)cc(NC(C)C)n1. The number of anilines is 2. The fourth-order valence-corrected chi connectivity index (χ4v) is 1.41. The summed E-state index contributed by atoms with van der Waals surface area (Å²) in [5, 5.41) is 5.75. The highest BCUT2D eigenvalue weighted by Gasteiger charge is 2.31. The van der Waals surface area contributed by atoms with Gasteiger partial charge in [-0.3, -0.25) is 0 Å². The van der Waals surface area contributed by atoms with Crippen LogP contribution in [0.3, 0.4) is 0 Å². The molecule has 6 heteroatoms. The van der Waals surface area contributed by atoms with Gasteiger partial charge in [-0.2, -0.15) is 13.2 Å². The van der Waals surface area contributed by atoms with Gasteiger partial charge in [0.1, 0.15) is 11.6 Å². The van der Waals surface area contributed by atoms with E-state index in [-0.39, 0.29) is 17.7 Å². The summed E-state index contributed by atoms with van der Waals surface area (Å²) in [5.74, 6) is 0.480. The van der Waals surface area contributed by atoms with E-state index in [2.05, 4.69) is 15.6 Å². The summed E-state index contributed by atoms with van der Waals surface area (Å²) in [7, 11) is 0. The van der Waals surface area contributed by atoms with Crippen molar-refractivity contribution in [2.45, 2.75) is 39.4 Å². The average Bonchev–Trinajstić information content (AvgIpc) is 2.24. The van der Waals surface area contributed by atoms with Crippen LogP contribution in [-0.4, -0.2) is 17.6 Å². The highest BCUT2D eigenvalue weighted by Crippen LogP contribution is 2.32. The van der Waals surface area contributed by atoms with Crippen molar-refractivity contribution in [3.05, 3.63) is 17.7 Å². The van der Waals surface area contributed by atoms with Crippen LogP contribution < -0.4 is 10.6 Å². The van der Waals surface area contributed by atoms with E-state index in [0.29, 0.717) is 6.54 Å². The van der Waals surface area contributed by atoms with Crippen LogP contribution >= 0.6 is 0 Å². The molecule has 3 nitrogen and oxygen atoms in total. The molecule has 0 aliphatic heterocycles. The Bertz CT molecular complexity index is 389. The Hall–Kier alpha value is -1.46. The Balaban J connectivity index is 3.03. The Kier molecular flexibility index (Phi) is 4.81. The lowest BCUT2D eigenvalue weighted by Gasteiger charge is -2.15. The molecule has 0 atom stereocenters. The maximum atomic E-state index is 12.7. The minimum atomic E-state index is -4.36. The van der Waals surface area contributed by atoms with Gasteiger partial charge in [-0.05, 0) is 32.4 Å². The number of nitrogens with zero attached hydrogens (tertiary/aromatic N) is 1. The molecule has 0 bridgehead atoms. The summed E-state index contributed by atoms with van der Waals surface area (Å²) >= 11 is 0. The number of pyridine rings is 1. The van der Waals surface area contributed by atoms with Gasteiger partial charge in [-0.15, -0.1) is 0 Å². The van der Waals surface area contributed by atoms with Gasteiger partial charge in [0.2, 0.25) is 0 Å². The smallest absolute Gasteiger partial charge is 0.370 e. The van der Waals surface area contributed by atoms with E-state index in [1.54, 1.807) is 0 Å². The minimum absolute atomic E-state index is 0.0278. The average molecular weight is 261 g/mol. The fraction of sp³-hybridized carbons (Fsp3) is 0.583. The molecular formula is C12H18F3N3. The third-order valence-corrected chi connectivity index (χ3v) is 2.15. The van der Waals surface area contributed by atoms with E-state index in [4.69, 9.17) is 0 Å². The Morgan fingerprint density at radius 1 is 1.22 bits per heavy atom. The van der Waals surface area contributed by atoms with Crippen molar-refractivity contribution in [1.82, 2.24) is 4.98 Å². The number of rotatable bonds is 5. The second-order valence-corrected chi connectivity index (χ2v) is 4.35. The zero-order valence-corrected chi connectivity index (χ0v) is 10.7. The first kappa shape index (κ1) is 14.6. The Morgan fingerprint density at radius 3 is 2.33 bits per heavy atom. The van der Waals surface area contributed by atoms with Crippen LogP contribution in [0.1, 0.15) is 32.8 Å². The molecule has 0 unspecified atom stereocenters. The molecule has 0 spiro atoms. The molecule has 0 aliphatic carbocycles. The molecule has 0 aromatic carbocycles. The summed E-state index contributed by atoms with van der Waals surface area (Å²) in [4.78, 5) is 4.10. The molecule has 1 aromatic heterocycles. The molecule has 0 fully saturated rings. The molecule has 0 radical (unpaired) electrons. The first-order valence-corrected chi connectivity index (χ1v) is 5.92. The van der Waals surface area contributed by atoms with Crippen LogP contribution in [0.15, 0.2) is 12.1 Å². The lowest BCUT2D eigenvalue weighted by atomic mass is 10.2. The highest BCUT2D eigenvalue weighted by atomic mass is 19.4. The maximum absolute atomic E-state index is 12.7. The summed E-state index contributed by atoms with van der Waals surface area (Å²) < 4.78 is 38.2. The molecule has 2 N–H and O–H groups in total. The first-order valence-electron chi connectivity index (χ1n) is 5.92. The zero-order chi connectivity index (χ0) is 13.8. The lowest BCUT2D eigenvalue weighted by molar-refractivity contribution is -0.137. The number of hydrogen-bond acceptors (Lipinski definition) is 3. The van der Waals surface area contributed by atoms with Crippen molar-refractivity contribution in [3.8, 4) is 0 Å². The van der Waals surface area contributed by atoms with Crippen molar-refractivity contribution < 1.29 is 13.2 Å². The molecule has 0 aliphatic rings.